The topological polar surface area (TPSA) is 46.3 Å². The zero-order chi connectivity index (χ0) is 11.7. The van der Waals surface area contributed by atoms with Crippen LogP contribution in [0.1, 0.15) is 35.7 Å². The average Bonchev–Trinajstić information content (AvgIpc) is 3.07. The van der Waals surface area contributed by atoms with Gasteiger partial charge in [0, 0.05) is 23.8 Å². The highest BCUT2D eigenvalue weighted by Gasteiger charge is 2.31. The number of carbonyl (C=O) groups is 1. The van der Waals surface area contributed by atoms with E-state index in [0.717, 1.165) is 24.9 Å². The lowest BCUT2D eigenvalue weighted by Crippen LogP contribution is -2.32. The van der Waals surface area contributed by atoms with Gasteiger partial charge in [0.2, 0.25) is 0 Å². The lowest BCUT2D eigenvalue weighted by atomic mass is 10.1. The van der Waals surface area contributed by atoms with Gasteiger partial charge in [-0.25, -0.2) is 0 Å². The minimum atomic E-state index is 0.108. The maximum Gasteiger partial charge on any atom is 0.254 e. The van der Waals surface area contributed by atoms with Crippen LogP contribution in [0.15, 0.2) is 18.2 Å². The summed E-state index contributed by atoms with van der Waals surface area (Å²) in [4.78, 5) is 14.1. The zero-order valence-corrected chi connectivity index (χ0v) is 9.86. The Labute approximate surface area is 96.2 Å². The molecule has 0 atom stereocenters. The van der Waals surface area contributed by atoms with E-state index in [0.29, 0.717) is 17.3 Å². The summed E-state index contributed by atoms with van der Waals surface area (Å²) in [5, 5.41) is 0. The van der Waals surface area contributed by atoms with Crippen LogP contribution in [0.5, 0.6) is 0 Å². The summed E-state index contributed by atoms with van der Waals surface area (Å²) in [5.41, 5.74) is 8.24. The highest BCUT2D eigenvalue weighted by Crippen LogP contribution is 2.28. The van der Waals surface area contributed by atoms with E-state index in [1.807, 2.05) is 30.9 Å². The second-order valence-electron chi connectivity index (χ2n) is 4.39. The molecule has 1 aliphatic rings. The normalized spacial score (nSPS) is 14.9. The van der Waals surface area contributed by atoms with E-state index >= 15 is 0 Å². The molecule has 0 spiro atoms. The van der Waals surface area contributed by atoms with Gasteiger partial charge in [-0.05, 0) is 44.4 Å². The van der Waals surface area contributed by atoms with E-state index in [2.05, 4.69) is 0 Å². The molecule has 2 N–H and O–H groups in total. The number of nitrogens with zero attached hydrogens (tertiary/aromatic N) is 1. The van der Waals surface area contributed by atoms with Crippen LogP contribution in [0.25, 0.3) is 0 Å². The molecule has 0 aromatic heterocycles. The third-order valence-electron chi connectivity index (χ3n) is 3.12. The molecule has 0 heterocycles. The Morgan fingerprint density at radius 3 is 2.69 bits per heavy atom. The van der Waals surface area contributed by atoms with Crippen molar-refractivity contribution in [3.05, 3.63) is 29.3 Å². The number of nitrogens with two attached hydrogens (primary N) is 1. The van der Waals surface area contributed by atoms with E-state index in [4.69, 9.17) is 5.73 Å². The molecule has 1 aliphatic carbocycles. The van der Waals surface area contributed by atoms with Crippen molar-refractivity contribution in [3.63, 3.8) is 0 Å². The van der Waals surface area contributed by atoms with E-state index < -0.39 is 0 Å². The average molecular weight is 218 g/mol. The summed E-state index contributed by atoms with van der Waals surface area (Å²) in [6.45, 7) is 4.74. The van der Waals surface area contributed by atoms with Gasteiger partial charge in [-0.15, -0.1) is 0 Å². The van der Waals surface area contributed by atoms with Crippen molar-refractivity contribution < 1.29 is 4.79 Å². The van der Waals surface area contributed by atoms with Crippen molar-refractivity contribution >= 4 is 11.6 Å². The molecule has 0 saturated heterocycles. The van der Waals surface area contributed by atoms with Crippen molar-refractivity contribution in [2.45, 2.75) is 32.7 Å². The second kappa shape index (κ2) is 4.16. The van der Waals surface area contributed by atoms with Crippen LogP contribution < -0.4 is 5.73 Å². The molecule has 1 saturated carbocycles. The molecule has 0 radical (unpaired) electrons. The van der Waals surface area contributed by atoms with Crippen LogP contribution in [0, 0.1) is 6.92 Å². The van der Waals surface area contributed by atoms with Crippen LogP contribution in [0.4, 0.5) is 5.69 Å². The van der Waals surface area contributed by atoms with Gasteiger partial charge in [-0.1, -0.05) is 6.07 Å². The molecular weight excluding hydrogens is 200 g/mol. The first-order valence-corrected chi connectivity index (χ1v) is 5.80. The van der Waals surface area contributed by atoms with Gasteiger partial charge < -0.3 is 10.6 Å². The number of nitrogen functional groups attached to an aromatic ring is 1. The summed E-state index contributed by atoms with van der Waals surface area (Å²) < 4.78 is 0. The molecule has 2 rings (SSSR count). The zero-order valence-electron chi connectivity index (χ0n) is 9.86. The van der Waals surface area contributed by atoms with Crippen LogP contribution >= 0.6 is 0 Å². The maximum atomic E-state index is 12.2. The number of anilines is 1. The molecule has 3 heteroatoms. The molecule has 1 fully saturated rings. The first-order valence-electron chi connectivity index (χ1n) is 5.80. The molecule has 86 valence electrons. The molecule has 0 aliphatic heterocycles. The third-order valence-corrected chi connectivity index (χ3v) is 3.12. The lowest BCUT2D eigenvalue weighted by molar-refractivity contribution is 0.0752. The molecule has 0 bridgehead atoms. The molecule has 0 unspecified atom stereocenters. The summed E-state index contributed by atoms with van der Waals surface area (Å²) >= 11 is 0. The molecule has 3 nitrogen and oxygen atoms in total. The molecule has 1 amide bonds. The lowest BCUT2D eigenvalue weighted by Gasteiger charge is -2.20. The van der Waals surface area contributed by atoms with Crippen molar-refractivity contribution in [1.29, 1.82) is 0 Å². The fourth-order valence-electron chi connectivity index (χ4n) is 1.89. The third kappa shape index (κ3) is 2.03. The van der Waals surface area contributed by atoms with Crippen LogP contribution in [0.2, 0.25) is 0 Å². The largest absolute Gasteiger partial charge is 0.398 e. The highest BCUT2D eigenvalue weighted by atomic mass is 16.2. The van der Waals surface area contributed by atoms with E-state index in [9.17, 15) is 4.79 Å². The van der Waals surface area contributed by atoms with Crippen molar-refractivity contribution in [2.24, 2.45) is 0 Å². The van der Waals surface area contributed by atoms with Gasteiger partial charge in [-0.2, -0.15) is 0 Å². The Morgan fingerprint density at radius 1 is 1.50 bits per heavy atom. The second-order valence-corrected chi connectivity index (χ2v) is 4.39. The summed E-state index contributed by atoms with van der Waals surface area (Å²) in [6, 6.07) is 6.01. The fraction of sp³-hybridized carbons (Fsp3) is 0.462. The van der Waals surface area contributed by atoms with Gasteiger partial charge in [0.15, 0.2) is 0 Å². The van der Waals surface area contributed by atoms with Crippen molar-refractivity contribution in [2.75, 3.05) is 12.3 Å². The SMILES string of the molecule is CCN(C(=O)c1ccc(C)c(N)c1)C1CC1. The number of carbonyl (C=O) groups excluding carboxylic acids is 1. The van der Waals surface area contributed by atoms with Crippen molar-refractivity contribution in [3.8, 4) is 0 Å². The summed E-state index contributed by atoms with van der Waals surface area (Å²) in [7, 11) is 0. The fourth-order valence-corrected chi connectivity index (χ4v) is 1.89. The molecule has 1 aromatic carbocycles. The van der Waals surface area contributed by atoms with Crippen LogP contribution in [0.3, 0.4) is 0 Å². The number of hydrogen-bond donors (Lipinski definition) is 1. The molecule has 16 heavy (non-hydrogen) atoms. The Hall–Kier alpha value is -1.51. The maximum absolute atomic E-state index is 12.2. The van der Waals surface area contributed by atoms with E-state index in [1.54, 1.807) is 6.07 Å². The van der Waals surface area contributed by atoms with E-state index in [1.165, 1.54) is 0 Å². The number of aryl methyl sites for hydroxylation is 1. The van der Waals surface area contributed by atoms with Gasteiger partial charge in [0.1, 0.15) is 0 Å². The summed E-state index contributed by atoms with van der Waals surface area (Å²) in [5.74, 6) is 0.108. The Bertz CT molecular complexity index is 410. The van der Waals surface area contributed by atoms with Gasteiger partial charge in [-0.3, -0.25) is 4.79 Å². The van der Waals surface area contributed by atoms with Crippen molar-refractivity contribution in [1.82, 2.24) is 4.90 Å². The molecule has 1 aromatic rings. The molecular formula is C13H18N2O. The number of benzene rings is 1. The number of amides is 1. The first kappa shape index (κ1) is 11.0. The standard InChI is InChI=1S/C13H18N2O/c1-3-15(11-6-7-11)13(16)10-5-4-9(2)12(14)8-10/h4-5,8,11H,3,6-7,14H2,1-2H3. The van der Waals surface area contributed by atoms with Crippen LogP contribution in [-0.4, -0.2) is 23.4 Å². The smallest absolute Gasteiger partial charge is 0.254 e. The van der Waals surface area contributed by atoms with E-state index in [-0.39, 0.29) is 5.91 Å². The predicted octanol–water partition coefficient (Wildman–Crippen LogP) is 2.20. The van der Waals surface area contributed by atoms with Gasteiger partial charge in [0.25, 0.3) is 5.91 Å². The Kier molecular flexibility index (Phi) is 2.86. The highest BCUT2D eigenvalue weighted by molar-refractivity contribution is 5.95. The number of hydrogen-bond acceptors (Lipinski definition) is 2. The minimum Gasteiger partial charge on any atom is -0.398 e. The summed E-state index contributed by atoms with van der Waals surface area (Å²) in [6.07, 6.45) is 2.28. The Morgan fingerprint density at radius 2 is 2.19 bits per heavy atom. The first-order chi connectivity index (χ1) is 7.63. The number of rotatable bonds is 3. The Balaban J connectivity index is 2.22. The van der Waals surface area contributed by atoms with Gasteiger partial charge in [0.05, 0.1) is 0 Å². The predicted molar refractivity (Wildman–Crippen MR) is 65.3 cm³/mol. The monoisotopic (exact) mass is 218 g/mol. The van der Waals surface area contributed by atoms with Crippen LogP contribution in [-0.2, 0) is 0 Å². The quantitative estimate of drug-likeness (QED) is 0.790. The van der Waals surface area contributed by atoms with Gasteiger partial charge >= 0.3 is 0 Å². The minimum absolute atomic E-state index is 0.108.